The second kappa shape index (κ2) is 10.3. The summed E-state index contributed by atoms with van der Waals surface area (Å²) in [5.41, 5.74) is 6.38. The Balaban J connectivity index is 1.31. The van der Waals surface area contributed by atoms with Gasteiger partial charge in [-0.25, -0.2) is 4.98 Å². The molecule has 0 unspecified atom stereocenters. The van der Waals surface area contributed by atoms with Crippen molar-refractivity contribution >= 4 is 34.2 Å². The van der Waals surface area contributed by atoms with E-state index >= 15 is 0 Å². The van der Waals surface area contributed by atoms with Crippen LogP contribution in [0.15, 0.2) is 24.3 Å². The molecule has 1 saturated heterocycles. The topological polar surface area (TPSA) is 101 Å². The first-order valence-electron chi connectivity index (χ1n) is 11.6. The van der Waals surface area contributed by atoms with Crippen molar-refractivity contribution in [3.63, 3.8) is 0 Å². The molecule has 180 valence electrons. The predicted molar refractivity (Wildman–Crippen MR) is 132 cm³/mol. The summed E-state index contributed by atoms with van der Waals surface area (Å²) in [7, 11) is 1.90. The molecule has 0 aliphatic carbocycles. The van der Waals surface area contributed by atoms with Crippen LogP contribution in [0.25, 0.3) is 11.0 Å². The number of nitrogens with zero attached hydrogens (tertiary/aromatic N) is 4. The van der Waals surface area contributed by atoms with Crippen LogP contribution < -0.4 is 10.6 Å². The number of morpholine rings is 1. The number of aryl methyl sites for hydroxylation is 4. The largest absolute Gasteiger partial charge is 0.379 e. The molecule has 1 fully saturated rings. The maximum Gasteiger partial charge on any atom is 0.238 e. The van der Waals surface area contributed by atoms with E-state index in [1.807, 2.05) is 20.9 Å². The summed E-state index contributed by atoms with van der Waals surface area (Å²) in [6, 6.07) is 7.19. The minimum absolute atomic E-state index is 0.0566. The molecule has 0 saturated carbocycles. The second-order valence-corrected chi connectivity index (χ2v) is 8.77. The number of aromatic nitrogens is 3. The number of fused-ring (bicyclic) bond motifs is 1. The van der Waals surface area contributed by atoms with Crippen molar-refractivity contribution < 1.29 is 14.3 Å². The van der Waals surface area contributed by atoms with Crippen LogP contribution in [0.3, 0.4) is 0 Å². The lowest BCUT2D eigenvalue weighted by Crippen LogP contribution is -2.41. The summed E-state index contributed by atoms with van der Waals surface area (Å²) in [6.45, 7) is 9.24. The fourth-order valence-electron chi connectivity index (χ4n) is 4.49. The van der Waals surface area contributed by atoms with Crippen LogP contribution in [0, 0.1) is 20.8 Å². The van der Waals surface area contributed by atoms with Gasteiger partial charge in [0.25, 0.3) is 0 Å². The number of amides is 2. The van der Waals surface area contributed by atoms with E-state index in [1.165, 1.54) is 0 Å². The van der Waals surface area contributed by atoms with Crippen molar-refractivity contribution in [2.24, 2.45) is 7.05 Å². The predicted octanol–water partition coefficient (Wildman–Crippen LogP) is 2.74. The maximum absolute atomic E-state index is 12.6. The molecule has 1 aromatic carbocycles. The molecule has 1 aliphatic heterocycles. The van der Waals surface area contributed by atoms with Gasteiger partial charge in [-0.1, -0.05) is 0 Å². The van der Waals surface area contributed by atoms with Gasteiger partial charge in [0.05, 0.1) is 25.5 Å². The van der Waals surface area contributed by atoms with Gasteiger partial charge in [0, 0.05) is 49.0 Å². The second-order valence-electron chi connectivity index (χ2n) is 8.77. The van der Waals surface area contributed by atoms with E-state index < -0.39 is 0 Å². The molecule has 9 nitrogen and oxygen atoms in total. The summed E-state index contributed by atoms with van der Waals surface area (Å²) in [6.07, 6.45) is 0.961. The van der Waals surface area contributed by atoms with E-state index in [1.54, 1.807) is 28.9 Å². The van der Waals surface area contributed by atoms with Gasteiger partial charge in [-0.3, -0.25) is 19.2 Å². The Morgan fingerprint density at radius 2 is 1.59 bits per heavy atom. The third kappa shape index (κ3) is 5.43. The Kier molecular flexibility index (Phi) is 7.23. The highest BCUT2D eigenvalue weighted by Crippen LogP contribution is 2.26. The molecule has 3 aromatic rings. The number of benzene rings is 1. The number of nitrogens with one attached hydrogen (secondary N) is 2. The highest BCUT2D eigenvalue weighted by atomic mass is 16.5. The number of carbonyl (C=O) groups excluding carboxylic acids is 2. The van der Waals surface area contributed by atoms with Gasteiger partial charge >= 0.3 is 0 Å². The molecule has 0 radical (unpaired) electrons. The van der Waals surface area contributed by atoms with E-state index in [0.29, 0.717) is 44.0 Å². The first-order valence-corrected chi connectivity index (χ1v) is 11.6. The fourth-order valence-corrected chi connectivity index (χ4v) is 4.49. The smallest absolute Gasteiger partial charge is 0.238 e. The van der Waals surface area contributed by atoms with Crippen LogP contribution in [0.5, 0.6) is 0 Å². The standard InChI is InChI=1S/C25H32N6O3/c1-16-21(17(2)26-25-24(16)18(3)29-30(25)4)9-10-22(32)27-19-5-7-20(8-6-19)28-23(33)15-31-11-13-34-14-12-31/h5-8H,9-15H2,1-4H3,(H,27,32)(H,28,33). The SMILES string of the molecule is Cc1nc2c(c(C)nn2C)c(C)c1CCC(=O)Nc1ccc(NC(=O)CN2CCOCC2)cc1. The van der Waals surface area contributed by atoms with Gasteiger partial charge in [0.1, 0.15) is 0 Å². The van der Waals surface area contributed by atoms with E-state index in [9.17, 15) is 9.59 Å². The van der Waals surface area contributed by atoms with Gasteiger partial charge in [-0.05, 0) is 62.6 Å². The van der Waals surface area contributed by atoms with Gasteiger partial charge in [-0.15, -0.1) is 0 Å². The molecule has 1 aliphatic rings. The maximum atomic E-state index is 12.6. The molecule has 2 amide bonds. The van der Waals surface area contributed by atoms with Gasteiger partial charge < -0.3 is 15.4 Å². The average molecular weight is 465 g/mol. The molecular weight excluding hydrogens is 432 g/mol. The average Bonchev–Trinajstić information content (AvgIpc) is 3.08. The van der Waals surface area contributed by atoms with Gasteiger partial charge in [0.2, 0.25) is 11.8 Å². The zero-order valence-electron chi connectivity index (χ0n) is 20.3. The lowest BCUT2D eigenvalue weighted by molar-refractivity contribution is -0.118. The molecule has 0 spiro atoms. The van der Waals surface area contributed by atoms with Crippen molar-refractivity contribution in [2.45, 2.75) is 33.6 Å². The minimum atomic E-state index is -0.0640. The quantitative estimate of drug-likeness (QED) is 0.558. The number of pyridine rings is 1. The molecule has 9 heteroatoms. The van der Waals surface area contributed by atoms with E-state index in [0.717, 1.165) is 46.6 Å². The van der Waals surface area contributed by atoms with Crippen molar-refractivity contribution in [3.05, 3.63) is 46.8 Å². The van der Waals surface area contributed by atoms with Gasteiger partial charge in [0.15, 0.2) is 5.65 Å². The lowest BCUT2D eigenvalue weighted by Gasteiger charge is -2.25. The number of ether oxygens (including phenoxy) is 1. The van der Waals surface area contributed by atoms with Gasteiger partial charge in [-0.2, -0.15) is 5.10 Å². The number of hydrogen-bond donors (Lipinski definition) is 2. The number of carbonyl (C=O) groups is 2. The van der Waals surface area contributed by atoms with Crippen molar-refractivity contribution in [1.82, 2.24) is 19.7 Å². The number of rotatable bonds is 7. The summed E-state index contributed by atoms with van der Waals surface area (Å²) < 4.78 is 7.11. The number of anilines is 2. The van der Waals surface area contributed by atoms with Crippen molar-refractivity contribution in [1.29, 1.82) is 0 Å². The van der Waals surface area contributed by atoms with Crippen LogP contribution in [0.4, 0.5) is 11.4 Å². The monoisotopic (exact) mass is 464 g/mol. The Hall–Kier alpha value is -3.30. The van der Waals surface area contributed by atoms with Crippen molar-refractivity contribution in [3.8, 4) is 0 Å². The summed E-state index contributed by atoms with van der Waals surface area (Å²) in [5, 5.41) is 11.4. The molecule has 0 bridgehead atoms. The molecule has 34 heavy (non-hydrogen) atoms. The summed E-state index contributed by atoms with van der Waals surface area (Å²) >= 11 is 0. The van der Waals surface area contributed by atoms with E-state index in [4.69, 9.17) is 9.72 Å². The van der Waals surface area contributed by atoms with E-state index in [-0.39, 0.29) is 11.8 Å². The molecule has 3 heterocycles. The van der Waals surface area contributed by atoms with Crippen LogP contribution in [-0.4, -0.2) is 64.3 Å². The molecular formula is C25H32N6O3. The lowest BCUT2D eigenvalue weighted by atomic mass is 9.99. The summed E-state index contributed by atoms with van der Waals surface area (Å²) in [5.74, 6) is -0.121. The Morgan fingerprint density at radius 1 is 0.971 bits per heavy atom. The highest BCUT2D eigenvalue weighted by molar-refractivity contribution is 5.94. The number of hydrogen-bond acceptors (Lipinski definition) is 6. The Labute approximate surface area is 199 Å². The van der Waals surface area contributed by atoms with Crippen LogP contribution in [-0.2, 0) is 27.8 Å². The molecule has 4 rings (SSSR count). The molecule has 2 N–H and O–H groups in total. The van der Waals surface area contributed by atoms with Crippen LogP contribution >= 0.6 is 0 Å². The normalized spacial score (nSPS) is 14.4. The molecule has 0 atom stereocenters. The first kappa shape index (κ1) is 23.8. The van der Waals surface area contributed by atoms with Crippen LogP contribution in [0.1, 0.15) is 28.9 Å². The van der Waals surface area contributed by atoms with Crippen molar-refractivity contribution in [2.75, 3.05) is 43.5 Å². The summed E-state index contributed by atoms with van der Waals surface area (Å²) in [4.78, 5) is 31.6. The highest BCUT2D eigenvalue weighted by Gasteiger charge is 2.17. The third-order valence-electron chi connectivity index (χ3n) is 6.26. The first-order chi connectivity index (χ1) is 16.3. The van der Waals surface area contributed by atoms with Crippen LogP contribution in [0.2, 0.25) is 0 Å². The zero-order valence-corrected chi connectivity index (χ0v) is 20.3. The Morgan fingerprint density at radius 3 is 2.24 bits per heavy atom. The fraction of sp³-hybridized carbons (Fsp3) is 0.440. The Bertz CT molecular complexity index is 1200. The molecule has 2 aromatic heterocycles. The zero-order chi connectivity index (χ0) is 24.2. The minimum Gasteiger partial charge on any atom is -0.379 e. The third-order valence-corrected chi connectivity index (χ3v) is 6.26. The van der Waals surface area contributed by atoms with E-state index in [2.05, 4.69) is 27.6 Å².